The largest absolute Gasteiger partial charge is 0.484 e. The highest BCUT2D eigenvalue weighted by Crippen LogP contribution is 2.19. The van der Waals surface area contributed by atoms with Crippen molar-refractivity contribution in [3.63, 3.8) is 0 Å². The summed E-state index contributed by atoms with van der Waals surface area (Å²) in [5.74, 6) is 0.509. The Kier molecular flexibility index (Phi) is 5.36. The number of benzene rings is 1. The average Bonchev–Trinajstić information content (AvgIpc) is 2.66. The van der Waals surface area contributed by atoms with Gasteiger partial charge in [-0.05, 0) is 48.4 Å². The van der Waals surface area contributed by atoms with Crippen molar-refractivity contribution in [2.45, 2.75) is 13.5 Å². The van der Waals surface area contributed by atoms with Crippen molar-refractivity contribution in [1.29, 1.82) is 0 Å². The van der Waals surface area contributed by atoms with Gasteiger partial charge in [0.05, 0.1) is 5.69 Å². The number of carbonyl (C=O) groups is 1. The Hall–Kier alpha value is -3.21. The van der Waals surface area contributed by atoms with E-state index in [1.807, 2.05) is 55.5 Å². The van der Waals surface area contributed by atoms with Crippen LogP contribution in [0, 0.1) is 6.92 Å². The van der Waals surface area contributed by atoms with Crippen LogP contribution in [0.25, 0.3) is 11.3 Å². The monoisotopic (exact) mass is 333 g/mol. The SMILES string of the molecule is Cc1cccc(OCC(=O)NCc2cccnc2-c2cccnc2)c1. The van der Waals surface area contributed by atoms with E-state index in [2.05, 4.69) is 15.3 Å². The molecule has 0 spiro atoms. The maximum atomic E-state index is 12.1. The van der Waals surface area contributed by atoms with E-state index in [1.165, 1.54) is 0 Å². The zero-order valence-corrected chi connectivity index (χ0v) is 14.0. The molecule has 0 saturated heterocycles. The Morgan fingerprint density at radius 2 is 2.00 bits per heavy atom. The minimum absolute atomic E-state index is 0.0219. The third-order valence-corrected chi connectivity index (χ3v) is 3.66. The Bertz CT molecular complexity index is 850. The average molecular weight is 333 g/mol. The molecule has 3 rings (SSSR count). The molecular weight excluding hydrogens is 314 g/mol. The Labute approximate surface area is 146 Å². The van der Waals surface area contributed by atoms with Crippen LogP contribution in [-0.4, -0.2) is 22.5 Å². The highest BCUT2D eigenvalue weighted by molar-refractivity contribution is 5.77. The van der Waals surface area contributed by atoms with Crippen LogP contribution >= 0.6 is 0 Å². The fourth-order valence-electron chi connectivity index (χ4n) is 2.44. The second kappa shape index (κ2) is 8.06. The molecule has 0 fully saturated rings. The fourth-order valence-corrected chi connectivity index (χ4v) is 2.44. The normalized spacial score (nSPS) is 10.3. The number of nitrogens with zero attached hydrogens (tertiary/aromatic N) is 2. The first kappa shape index (κ1) is 16.6. The summed E-state index contributed by atoms with van der Waals surface area (Å²) in [5.41, 5.74) is 3.76. The Balaban J connectivity index is 1.59. The first-order chi connectivity index (χ1) is 12.2. The molecule has 0 unspecified atom stereocenters. The third-order valence-electron chi connectivity index (χ3n) is 3.66. The van der Waals surface area contributed by atoms with Crippen LogP contribution in [0.4, 0.5) is 0 Å². The second-order valence-electron chi connectivity index (χ2n) is 5.63. The minimum atomic E-state index is -0.178. The number of aryl methyl sites for hydroxylation is 1. The van der Waals surface area contributed by atoms with E-state index in [0.29, 0.717) is 12.3 Å². The molecule has 0 aliphatic carbocycles. The van der Waals surface area contributed by atoms with Crippen LogP contribution in [-0.2, 0) is 11.3 Å². The van der Waals surface area contributed by atoms with Crippen LogP contribution in [0.5, 0.6) is 5.75 Å². The second-order valence-corrected chi connectivity index (χ2v) is 5.63. The molecule has 0 aliphatic heterocycles. The molecule has 3 aromatic rings. The third kappa shape index (κ3) is 4.64. The molecule has 0 saturated carbocycles. The molecule has 2 aromatic heterocycles. The number of aromatic nitrogens is 2. The molecule has 2 heterocycles. The maximum absolute atomic E-state index is 12.1. The van der Waals surface area contributed by atoms with Gasteiger partial charge in [-0.15, -0.1) is 0 Å². The number of amides is 1. The summed E-state index contributed by atoms with van der Waals surface area (Å²) in [6.07, 6.45) is 5.21. The van der Waals surface area contributed by atoms with E-state index < -0.39 is 0 Å². The van der Waals surface area contributed by atoms with Gasteiger partial charge >= 0.3 is 0 Å². The van der Waals surface area contributed by atoms with Crippen molar-refractivity contribution in [1.82, 2.24) is 15.3 Å². The van der Waals surface area contributed by atoms with Gasteiger partial charge in [0, 0.05) is 30.7 Å². The molecular formula is C20H19N3O2. The predicted octanol–water partition coefficient (Wildman–Crippen LogP) is 3.15. The van der Waals surface area contributed by atoms with E-state index in [-0.39, 0.29) is 12.5 Å². The van der Waals surface area contributed by atoms with Crippen molar-refractivity contribution < 1.29 is 9.53 Å². The molecule has 0 radical (unpaired) electrons. The van der Waals surface area contributed by atoms with Gasteiger partial charge in [0.1, 0.15) is 5.75 Å². The maximum Gasteiger partial charge on any atom is 0.258 e. The fraction of sp³-hybridized carbons (Fsp3) is 0.150. The van der Waals surface area contributed by atoms with Crippen molar-refractivity contribution in [3.05, 3.63) is 78.2 Å². The summed E-state index contributed by atoms with van der Waals surface area (Å²) in [7, 11) is 0. The van der Waals surface area contributed by atoms with Crippen LogP contribution in [0.2, 0.25) is 0 Å². The zero-order valence-electron chi connectivity index (χ0n) is 14.0. The molecule has 1 N–H and O–H groups in total. The van der Waals surface area contributed by atoms with Gasteiger partial charge in [0.25, 0.3) is 5.91 Å². The van der Waals surface area contributed by atoms with Gasteiger partial charge in [-0.25, -0.2) is 0 Å². The van der Waals surface area contributed by atoms with Gasteiger partial charge in [0.2, 0.25) is 0 Å². The zero-order chi connectivity index (χ0) is 17.5. The summed E-state index contributed by atoms with van der Waals surface area (Å²) in [6, 6.07) is 15.2. The summed E-state index contributed by atoms with van der Waals surface area (Å²) in [5, 5.41) is 2.87. The minimum Gasteiger partial charge on any atom is -0.484 e. The molecule has 1 aromatic carbocycles. The lowest BCUT2D eigenvalue weighted by Crippen LogP contribution is -2.28. The number of carbonyl (C=O) groups excluding carboxylic acids is 1. The molecule has 1 amide bonds. The standard InChI is InChI=1S/C20H19N3O2/c1-15-5-2-8-18(11-15)25-14-19(24)23-13-17-7-4-10-22-20(17)16-6-3-9-21-12-16/h2-12H,13-14H2,1H3,(H,23,24). The van der Waals surface area contributed by atoms with Crippen molar-refractivity contribution >= 4 is 5.91 Å². The van der Waals surface area contributed by atoms with E-state index in [1.54, 1.807) is 18.6 Å². The summed E-state index contributed by atoms with van der Waals surface area (Å²) in [6.45, 7) is 2.34. The van der Waals surface area contributed by atoms with E-state index in [9.17, 15) is 4.79 Å². The molecule has 25 heavy (non-hydrogen) atoms. The smallest absolute Gasteiger partial charge is 0.258 e. The number of nitrogens with one attached hydrogen (secondary N) is 1. The lowest BCUT2D eigenvalue weighted by Gasteiger charge is -2.10. The number of hydrogen-bond donors (Lipinski definition) is 1. The predicted molar refractivity (Wildman–Crippen MR) is 96.0 cm³/mol. The van der Waals surface area contributed by atoms with E-state index in [0.717, 1.165) is 22.4 Å². The number of rotatable bonds is 6. The summed E-state index contributed by atoms with van der Waals surface area (Å²) in [4.78, 5) is 20.6. The molecule has 5 heteroatoms. The highest BCUT2D eigenvalue weighted by atomic mass is 16.5. The Morgan fingerprint density at radius 1 is 1.12 bits per heavy atom. The van der Waals surface area contributed by atoms with Gasteiger partial charge in [-0.3, -0.25) is 14.8 Å². The summed E-state index contributed by atoms with van der Waals surface area (Å²) < 4.78 is 5.51. The number of hydrogen-bond acceptors (Lipinski definition) is 4. The van der Waals surface area contributed by atoms with Gasteiger partial charge in [-0.1, -0.05) is 18.2 Å². The van der Waals surface area contributed by atoms with Crippen molar-refractivity contribution in [2.24, 2.45) is 0 Å². The van der Waals surface area contributed by atoms with E-state index in [4.69, 9.17) is 4.74 Å². The lowest BCUT2D eigenvalue weighted by atomic mass is 10.1. The lowest BCUT2D eigenvalue weighted by molar-refractivity contribution is -0.123. The summed E-state index contributed by atoms with van der Waals surface area (Å²) >= 11 is 0. The van der Waals surface area contributed by atoms with Crippen LogP contribution < -0.4 is 10.1 Å². The molecule has 0 atom stereocenters. The Morgan fingerprint density at radius 3 is 2.80 bits per heavy atom. The highest BCUT2D eigenvalue weighted by Gasteiger charge is 2.08. The van der Waals surface area contributed by atoms with E-state index >= 15 is 0 Å². The van der Waals surface area contributed by atoms with Crippen molar-refractivity contribution in [3.8, 4) is 17.0 Å². The number of pyridine rings is 2. The first-order valence-electron chi connectivity index (χ1n) is 8.03. The molecule has 0 aliphatic rings. The topological polar surface area (TPSA) is 64.1 Å². The molecule has 5 nitrogen and oxygen atoms in total. The molecule has 126 valence electrons. The molecule has 0 bridgehead atoms. The van der Waals surface area contributed by atoms with Crippen LogP contribution in [0.3, 0.4) is 0 Å². The quantitative estimate of drug-likeness (QED) is 0.753. The van der Waals surface area contributed by atoms with Gasteiger partial charge < -0.3 is 10.1 Å². The van der Waals surface area contributed by atoms with Gasteiger partial charge in [0.15, 0.2) is 6.61 Å². The van der Waals surface area contributed by atoms with Crippen LogP contribution in [0.15, 0.2) is 67.1 Å². The van der Waals surface area contributed by atoms with Crippen molar-refractivity contribution in [2.75, 3.05) is 6.61 Å². The van der Waals surface area contributed by atoms with Gasteiger partial charge in [-0.2, -0.15) is 0 Å². The number of ether oxygens (including phenoxy) is 1. The van der Waals surface area contributed by atoms with Crippen LogP contribution in [0.1, 0.15) is 11.1 Å². The first-order valence-corrected chi connectivity index (χ1v) is 8.03.